The lowest BCUT2D eigenvalue weighted by molar-refractivity contribution is -0.120. The monoisotopic (exact) mass is 385 g/mol. The molecule has 0 fully saturated rings. The van der Waals surface area contributed by atoms with Crippen molar-refractivity contribution in [2.24, 2.45) is 0 Å². The first kappa shape index (κ1) is 21.4. The van der Waals surface area contributed by atoms with Crippen LogP contribution in [0.25, 0.3) is 0 Å². The fourth-order valence-electron chi connectivity index (χ4n) is 3.09. The summed E-state index contributed by atoms with van der Waals surface area (Å²) in [6, 6.07) is 14.5. The lowest BCUT2D eigenvalue weighted by atomic mass is 9.93. The first-order chi connectivity index (χ1) is 12.8. The summed E-state index contributed by atoms with van der Waals surface area (Å²) in [5.41, 5.74) is 4.69. The molecule has 0 bridgehead atoms. The van der Waals surface area contributed by atoms with Crippen molar-refractivity contribution in [1.29, 1.82) is 0 Å². The Morgan fingerprint density at radius 3 is 2.33 bits per heavy atom. The van der Waals surface area contributed by atoms with Gasteiger partial charge < -0.3 is 10.1 Å². The maximum Gasteiger partial charge on any atom is 0.233 e. The van der Waals surface area contributed by atoms with E-state index in [0.717, 1.165) is 22.6 Å². The zero-order valence-electron chi connectivity index (χ0n) is 17.2. The molecule has 0 spiro atoms. The Kier molecular flexibility index (Phi) is 7.78. The van der Waals surface area contributed by atoms with Gasteiger partial charge in [0, 0.05) is 5.75 Å². The highest BCUT2D eigenvalue weighted by molar-refractivity contribution is 7.99. The number of methoxy groups -OCH3 is 1. The molecule has 0 unspecified atom stereocenters. The van der Waals surface area contributed by atoms with Crippen molar-refractivity contribution in [2.45, 2.75) is 57.6 Å². The van der Waals surface area contributed by atoms with Crippen LogP contribution in [0.5, 0.6) is 5.75 Å². The number of thioether (sulfide) groups is 1. The van der Waals surface area contributed by atoms with Gasteiger partial charge in [0.15, 0.2) is 0 Å². The Labute approximate surface area is 167 Å². The standard InChI is InChI=1S/C23H31NO2S/c1-15(2)20-13-21(16(3)12-22(20)26-6)17(4)24-23(25)18(5)27-14-19-10-8-7-9-11-19/h7-13,15,17-18H,14H2,1-6H3,(H,24,25)/t17-,18+/m0/s1. The Balaban J connectivity index is 2.04. The van der Waals surface area contributed by atoms with Gasteiger partial charge in [0.25, 0.3) is 0 Å². The number of carbonyl (C=O) groups is 1. The van der Waals surface area contributed by atoms with Gasteiger partial charge in [-0.05, 0) is 61.1 Å². The van der Waals surface area contributed by atoms with E-state index in [4.69, 9.17) is 4.74 Å². The zero-order chi connectivity index (χ0) is 20.0. The summed E-state index contributed by atoms with van der Waals surface area (Å²) in [7, 11) is 1.71. The highest BCUT2D eigenvalue weighted by Gasteiger charge is 2.20. The number of benzene rings is 2. The molecule has 0 radical (unpaired) electrons. The predicted octanol–water partition coefficient (Wildman–Crippen LogP) is 5.63. The number of amides is 1. The number of hydrogen-bond acceptors (Lipinski definition) is 3. The zero-order valence-corrected chi connectivity index (χ0v) is 18.0. The maximum absolute atomic E-state index is 12.6. The first-order valence-electron chi connectivity index (χ1n) is 9.47. The second-order valence-electron chi connectivity index (χ2n) is 7.27. The fourth-order valence-corrected chi connectivity index (χ4v) is 3.94. The summed E-state index contributed by atoms with van der Waals surface area (Å²) in [6.07, 6.45) is 0. The highest BCUT2D eigenvalue weighted by atomic mass is 32.2. The first-order valence-corrected chi connectivity index (χ1v) is 10.5. The van der Waals surface area contributed by atoms with Gasteiger partial charge in [-0.3, -0.25) is 4.79 Å². The van der Waals surface area contributed by atoms with E-state index in [1.54, 1.807) is 18.9 Å². The Morgan fingerprint density at radius 1 is 1.07 bits per heavy atom. The van der Waals surface area contributed by atoms with Crippen molar-refractivity contribution < 1.29 is 9.53 Å². The molecule has 4 heteroatoms. The third kappa shape index (κ3) is 5.77. The van der Waals surface area contributed by atoms with E-state index in [1.807, 2.05) is 32.0 Å². The second kappa shape index (κ2) is 9.84. The molecule has 146 valence electrons. The third-order valence-electron chi connectivity index (χ3n) is 4.78. The minimum Gasteiger partial charge on any atom is -0.496 e. The van der Waals surface area contributed by atoms with Crippen LogP contribution in [-0.2, 0) is 10.5 Å². The summed E-state index contributed by atoms with van der Waals surface area (Å²) in [6.45, 7) is 10.4. The largest absolute Gasteiger partial charge is 0.496 e. The molecular formula is C23H31NO2S. The number of rotatable bonds is 8. The molecule has 2 aromatic carbocycles. The normalized spacial score (nSPS) is 13.3. The van der Waals surface area contributed by atoms with E-state index in [-0.39, 0.29) is 17.2 Å². The van der Waals surface area contributed by atoms with E-state index in [9.17, 15) is 4.79 Å². The summed E-state index contributed by atoms with van der Waals surface area (Å²) in [4.78, 5) is 12.6. The Bertz CT molecular complexity index is 758. The molecule has 27 heavy (non-hydrogen) atoms. The molecule has 0 saturated carbocycles. The summed E-state index contributed by atoms with van der Waals surface area (Å²) >= 11 is 1.66. The molecule has 0 aliphatic rings. The van der Waals surface area contributed by atoms with Crippen LogP contribution in [0.2, 0.25) is 0 Å². The quantitative estimate of drug-likeness (QED) is 0.640. The predicted molar refractivity (Wildman–Crippen MR) is 116 cm³/mol. The smallest absolute Gasteiger partial charge is 0.233 e. The van der Waals surface area contributed by atoms with Gasteiger partial charge in [0.1, 0.15) is 5.75 Å². The van der Waals surface area contributed by atoms with Crippen LogP contribution in [0.1, 0.15) is 61.9 Å². The van der Waals surface area contributed by atoms with Gasteiger partial charge in [-0.15, -0.1) is 11.8 Å². The van der Waals surface area contributed by atoms with Crippen LogP contribution >= 0.6 is 11.8 Å². The van der Waals surface area contributed by atoms with Gasteiger partial charge in [-0.1, -0.05) is 44.2 Å². The van der Waals surface area contributed by atoms with Crippen LogP contribution < -0.4 is 10.1 Å². The molecule has 0 aliphatic carbocycles. The molecule has 3 nitrogen and oxygen atoms in total. The highest BCUT2D eigenvalue weighted by Crippen LogP contribution is 2.32. The van der Waals surface area contributed by atoms with Crippen LogP contribution in [0.4, 0.5) is 0 Å². The van der Waals surface area contributed by atoms with E-state index in [1.165, 1.54) is 11.1 Å². The molecular weight excluding hydrogens is 354 g/mol. The number of ether oxygens (including phenoxy) is 1. The van der Waals surface area contributed by atoms with Gasteiger partial charge in [-0.25, -0.2) is 0 Å². The maximum atomic E-state index is 12.6. The van der Waals surface area contributed by atoms with Crippen molar-refractivity contribution in [2.75, 3.05) is 7.11 Å². The average molecular weight is 386 g/mol. The molecule has 0 saturated heterocycles. The molecule has 0 aromatic heterocycles. The number of aryl methyl sites for hydroxylation is 1. The lowest BCUT2D eigenvalue weighted by Crippen LogP contribution is -2.33. The van der Waals surface area contributed by atoms with Crippen LogP contribution in [0.15, 0.2) is 42.5 Å². The SMILES string of the molecule is COc1cc(C)c([C@H](C)NC(=O)[C@@H](C)SCc2ccccc2)cc1C(C)C. The van der Waals surface area contributed by atoms with Gasteiger partial charge in [0.05, 0.1) is 18.4 Å². The number of nitrogens with one attached hydrogen (secondary N) is 1. The summed E-state index contributed by atoms with van der Waals surface area (Å²) in [5.74, 6) is 2.19. The van der Waals surface area contributed by atoms with Crippen molar-refractivity contribution in [3.63, 3.8) is 0 Å². The van der Waals surface area contributed by atoms with Gasteiger partial charge in [0.2, 0.25) is 5.91 Å². The lowest BCUT2D eigenvalue weighted by Gasteiger charge is -2.22. The molecule has 0 aliphatic heterocycles. The van der Waals surface area contributed by atoms with E-state index < -0.39 is 0 Å². The fraction of sp³-hybridized carbons (Fsp3) is 0.435. The minimum absolute atomic E-state index is 0.0410. The Morgan fingerprint density at radius 2 is 1.74 bits per heavy atom. The minimum atomic E-state index is -0.101. The number of carbonyl (C=O) groups excluding carboxylic acids is 1. The van der Waals surface area contributed by atoms with Gasteiger partial charge in [-0.2, -0.15) is 0 Å². The molecule has 2 atom stereocenters. The van der Waals surface area contributed by atoms with Crippen molar-refractivity contribution in [3.8, 4) is 5.75 Å². The van der Waals surface area contributed by atoms with Crippen LogP contribution in [-0.4, -0.2) is 18.3 Å². The van der Waals surface area contributed by atoms with Crippen LogP contribution in [0, 0.1) is 6.92 Å². The van der Waals surface area contributed by atoms with Crippen molar-refractivity contribution in [3.05, 3.63) is 64.7 Å². The topological polar surface area (TPSA) is 38.3 Å². The number of hydrogen-bond donors (Lipinski definition) is 1. The summed E-state index contributed by atoms with van der Waals surface area (Å²) < 4.78 is 5.52. The summed E-state index contributed by atoms with van der Waals surface area (Å²) in [5, 5.41) is 3.07. The molecule has 0 heterocycles. The molecule has 2 aromatic rings. The molecule has 2 rings (SSSR count). The average Bonchev–Trinajstić information content (AvgIpc) is 2.66. The van der Waals surface area contributed by atoms with Crippen molar-refractivity contribution in [1.82, 2.24) is 5.32 Å². The Hall–Kier alpha value is -1.94. The van der Waals surface area contributed by atoms with Gasteiger partial charge >= 0.3 is 0 Å². The van der Waals surface area contributed by atoms with E-state index >= 15 is 0 Å². The second-order valence-corrected chi connectivity index (χ2v) is 8.60. The van der Waals surface area contributed by atoms with E-state index in [2.05, 4.69) is 50.4 Å². The third-order valence-corrected chi connectivity index (χ3v) is 5.99. The van der Waals surface area contributed by atoms with E-state index in [0.29, 0.717) is 5.92 Å². The van der Waals surface area contributed by atoms with Crippen molar-refractivity contribution >= 4 is 17.7 Å². The molecule has 1 N–H and O–H groups in total. The molecule has 1 amide bonds. The van der Waals surface area contributed by atoms with Crippen LogP contribution in [0.3, 0.4) is 0 Å².